The van der Waals surface area contributed by atoms with Gasteiger partial charge in [0.25, 0.3) is 5.22 Å². The minimum Gasteiger partial charge on any atom is -0.411 e. The highest BCUT2D eigenvalue weighted by Gasteiger charge is 2.11. The monoisotopic (exact) mass is 394 g/mol. The van der Waals surface area contributed by atoms with E-state index in [0.717, 1.165) is 17.3 Å². The van der Waals surface area contributed by atoms with E-state index in [4.69, 9.17) is 33.4 Å². The molecule has 0 atom stereocenters. The summed E-state index contributed by atoms with van der Waals surface area (Å²) in [4.78, 5) is 12.0. The number of rotatable bonds is 5. The predicted molar refractivity (Wildman–Crippen MR) is 100.0 cm³/mol. The fraction of sp³-hybridized carbons (Fsp3) is 0.0625. The van der Waals surface area contributed by atoms with Crippen molar-refractivity contribution in [3.63, 3.8) is 0 Å². The van der Waals surface area contributed by atoms with Gasteiger partial charge >= 0.3 is 0 Å². The van der Waals surface area contributed by atoms with Crippen LogP contribution in [0.1, 0.15) is 0 Å². The maximum absolute atomic E-state index is 12.0. The van der Waals surface area contributed by atoms with Crippen molar-refractivity contribution in [2.45, 2.75) is 5.22 Å². The number of nitrogens with zero attached hydrogens (tertiary/aromatic N) is 2. The second kappa shape index (κ2) is 7.77. The van der Waals surface area contributed by atoms with Crippen molar-refractivity contribution in [3.8, 4) is 11.5 Å². The molecule has 0 aliphatic heterocycles. The molecule has 0 fully saturated rings. The number of carbonyl (C=O) groups is 1. The molecule has 6 nitrogen and oxygen atoms in total. The van der Waals surface area contributed by atoms with Crippen molar-refractivity contribution in [3.05, 3.63) is 52.5 Å². The summed E-state index contributed by atoms with van der Waals surface area (Å²) in [7, 11) is 0. The third-order valence-corrected chi connectivity index (χ3v) is 4.29. The number of nitrogens with one attached hydrogen (secondary N) is 1. The molecule has 0 bridgehead atoms. The maximum atomic E-state index is 12.0. The highest BCUT2D eigenvalue weighted by Crippen LogP contribution is 2.25. The quantitative estimate of drug-likeness (QED) is 0.493. The summed E-state index contributed by atoms with van der Waals surface area (Å²) in [5.41, 5.74) is 7.57. The van der Waals surface area contributed by atoms with E-state index in [1.165, 1.54) is 0 Å². The van der Waals surface area contributed by atoms with E-state index in [1.807, 2.05) is 0 Å². The molecule has 25 heavy (non-hydrogen) atoms. The van der Waals surface area contributed by atoms with Gasteiger partial charge in [-0.15, -0.1) is 10.2 Å². The second-order valence-corrected chi connectivity index (χ2v) is 6.79. The lowest BCUT2D eigenvalue weighted by molar-refractivity contribution is -0.113. The van der Waals surface area contributed by atoms with Crippen LogP contribution in [0.2, 0.25) is 10.0 Å². The molecule has 0 unspecified atom stereocenters. The fourth-order valence-corrected chi connectivity index (χ4v) is 3.05. The van der Waals surface area contributed by atoms with Gasteiger partial charge in [0.1, 0.15) is 0 Å². The first-order valence-corrected chi connectivity index (χ1v) is 8.82. The van der Waals surface area contributed by atoms with E-state index in [9.17, 15) is 4.79 Å². The van der Waals surface area contributed by atoms with Gasteiger partial charge in [0.2, 0.25) is 11.8 Å². The number of hydrogen-bond acceptors (Lipinski definition) is 6. The molecule has 1 amide bonds. The van der Waals surface area contributed by atoms with Crippen molar-refractivity contribution in [2.24, 2.45) is 0 Å². The summed E-state index contributed by atoms with van der Waals surface area (Å²) in [6.07, 6.45) is 0. The summed E-state index contributed by atoms with van der Waals surface area (Å²) in [5.74, 6) is 0.230. The van der Waals surface area contributed by atoms with Gasteiger partial charge in [-0.3, -0.25) is 4.79 Å². The number of halogens is 2. The van der Waals surface area contributed by atoms with Gasteiger partial charge in [0.05, 0.1) is 5.75 Å². The number of aromatic nitrogens is 2. The molecule has 3 N–H and O–H groups in total. The maximum Gasteiger partial charge on any atom is 0.277 e. The van der Waals surface area contributed by atoms with E-state index in [1.54, 1.807) is 42.5 Å². The summed E-state index contributed by atoms with van der Waals surface area (Å²) in [6.45, 7) is 0. The zero-order valence-electron chi connectivity index (χ0n) is 12.7. The topological polar surface area (TPSA) is 94.0 Å². The molecule has 9 heteroatoms. The SMILES string of the molecule is Nc1ccc(-c2nnc(SCC(=O)Nc3cc(Cl)cc(Cl)c3)o2)cc1. The fourth-order valence-electron chi connectivity index (χ4n) is 1.96. The van der Waals surface area contributed by atoms with Crippen molar-refractivity contribution in [2.75, 3.05) is 16.8 Å². The molecule has 1 heterocycles. The highest BCUT2D eigenvalue weighted by atomic mass is 35.5. The number of nitrogen functional groups attached to an aromatic ring is 1. The normalized spacial score (nSPS) is 10.6. The smallest absolute Gasteiger partial charge is 0.277 e. The number of anilines is 2. The van der Waals surface area contributed by atoms with Crippen molar-refractivity contribution in [1.82, 2.24) is 10.2 Å². The Morgan fingerprint density at radius 1 is 1.12 bits per heavy atom. The lowest BCUT2D eigenvalue weighted by Gasteiger charge is -2.05. The Kier molecular flexibility index (Phi) is 5.47. The van der Waals surface area contributed by atoms with Crippen LogP contribution in [0.15, 0.2) is 52.1 Å². The minimum atomic E-state index is -0.240. The van der Waals surface area contributed by atoms with E-state index in [0.29, 0.717) is 32.5 Å². The Morgan fingerprint density at radius 3 is 2.48 bits per heavy atom. The average molecular weight is 395 g/mol. The van der Waals surface area contributed by atoms with Gasteiger partial charge in [-0.2, -0.15) is 0 Å². The molecule has 0 saturated carbocycles. The molecular weight excluding hydrogens is 383 g/mol. The van der Waals surface area contributed by atoms with Gasteiger partial charge in [-0.05, 0) is 42.5 Å². The number of amides is 1. The van der Waals surface area contributed by atoms with Crippen LogP contribution in [0.5, 0.6) is 0 Å². The minimum absolute atomic E-state index is 0.105. The van der Waals surface area contributed by atoms with Gasteiger partial charge in [0, 0.05) is 27.0 Å². The molecular formula is C16H12Cl2N4O2S. The second-order valence-electron chi connectivity index (χ2n) is 4.99. The first kappa shape index (κ1) is 17.6. The largest absolute Gasteiger partial charge is 0.411 e. The summed E-state index contributed by atoms with van der Waals surface area (Å²) >= 11 is 12.9. The van der Waals surface area contributed by atoms with Crippen LogP contribution in [0.4, 0.5) is 11.4 Å². The molecule has 128 valence electrons. The molecule has 2 aromatic carbocycles. The Morgan fingerprint density at radius 2 is 1.80 bits per heavy atom. The van der Waals surface area contributed by atoms with Gasteiger partial charge in [-0.25, -0.2) is 0 Å². The lowest BCUT2D eigenvalue weighted by atomic mass is 10.2. The number of carbonyl (C=O) groups excluding carboxylic acids is 1. The standard InChI is InChI=1S/C16H12Cl2N4O2S/c17-10-5-11(18)7-13(6-10)20-14(23)8-25-16-22-21-15(24-16)9-1-3-12(19)4-2-9/h1-7H,8,19H2,(H,20,23). The van der Waals surface area contributed by atoms with Crippen molar-refractivity contribution >= 4 is 52.2 Å². The Bertz CT molecular complexity index is 879. The van der Waals surface area contributed by atoms with Crippen LogP contribution >= 0.6 is 35.0 Å². The van der Waals surface area contributed by atoms with E-state index >= 15 is 0 Å². The Balaban J connectivity index is 1.58. The number of thioether (sulfide) groups is 1. The van der Waals surface area contributed by atoms with Crippen LogP contribution < -0.4 is 11.1 Å². The first-order valence-electron chi connectivity index (χ1n) is 7.08. The summed E-state index contributed by atoms with van der Waals surface area (Å²) < 4.78 is 5.53. The zero-order valence-corrected chi connectivity index (χ0v) is 15.0. The van der Waals surface area contributed by atoms with Crippen LogP contribution in [0.3, 0.4) is 0 Å². The molecule has 0 spiro atoms. The third-order valence-electron chi connectivity index (χ3n) is 3.04. The van der Waals surface area contributed by atoms with E-state index in [2.05, 4.69) is 15.5 Å². The number of hydrogen-bond donors (Lipinski definition) is 2. The lowest BCUT2D eigenvalue weighted by Crippen LogP contribution is -2.13. The van der Waals surface area contributed by atoms with Gasteiger partial charge in [0.15, 0.2) is 0 Å². The van der Waals surface area contributed by atoms with E-state index in [-0.39, 0.29) is 11.7 Å². The Labute approximate surface area is 157 Å². The van der Waals surface area contributed by atoms with Gasteiger partial charge in [-0.1, -0.05) is 35.0 Å². The number of nitrogens with two attached hydrogens (primary N) is 1. The van der Waals surface area contributed by atoms with Crippen molar-refractivity contribution < 1.29 is 9.21 Å². The third kappa shape index (κ3) is 4.88. The molecule has 0 aliphatic rings. The van der Waals surface area contributed by atoms with Crippen molar-refractivity contribution in [1.29, 1.82) is 0 Å². The average Bonchev–Trinajstić information content (AvgIpc) is 3.01. The van der Waals surface area contributed by atoms with Crippen LogP contribution in [-0.4, -0.2) is 21.9 Å². The summed E-state index contributed by atoms with van der Waals surface area (Å²) in [6, 6.07) is 11.9. The molecule has 1 aromatic heterocycles. The van der Waals surface area contributed by atoms with Crippen LogP contribution in [0.25, 0.3) is 11.5 Å². The number of benzene rings is 2. The molecule has 0 radical (unpaired) electrons. The molecule has 0 aliphatic carbocycles. The molecule has 0 saturated heterocycles. The van der Waals surface area contributed by atoms with Crippen LogP contribution in [-0.2, 0) is 4.79 Å². The van der Waals surface area contributed by atoms with Gasteiger partial charge < -0.3 is 15.5 Å². The zero-order chi connectivity index (χ0) is 17.8. The Hall–Kier alpha value is -2.22. The highest BCUT2D eigenvalue weighted by molar-refractivity contribution is 7.99. The molecule has 3 aromatic rings. The van der Waals surface area contributed by atoms with Crippen LogP contribution in [0, 0.1) is 0 Å². The predicted octanol–water partition coefficient (Wildman–Crippen LogP) is 4.36. The summed E-state index contributed by atoms with van der Waals surface area (Å²) in [5, 5.41) is 11.8. The van der Waals surface area contributed by atoms with E-state index < -0.39 is 0 Å². The molecule has 3 rings (SSSR count). The first-order chi connectivity index (χ1) is 12.0.